The van der Waals surface area contributed by atoms with Gasteiger partial charge in [-0.2, -0.15) is 0 Å². The van der Waals surface area contributed by atoms with E-state index in [2.05, 4.69) is 5.32 Å². The van der Waals surface area contributed by atoms with E-state index >= 15 is 0 Å². The van der Waals surface area contributed by atoms with Gasteiger partial charge in [0.15, 0.2) is 0 Å². The average Bonchev–Trinajstić information content (AvgIpc) is 2.77. The highest BCUT2D eigenvalue weighted by atomic mass is 35.5. The summed E-state index contributed by atoms with van der Waals surface area (Å²) in [6.07, 6.45) is 1.79. The first kappa shape index (κ1) is 24.6. The molecule has 1 heterocycles. The number of benzene rings is 2. The molecule has 32 heavy (non-hydrogen) atoms. The molecule has 174 valence electrons. The van der Waals surface area contributed by atoms with Gasteiger partial charge in [0, 0.05) is 24.0 Å². The molecule has 6 nitrogen and oxygen atoms in total. The lowest BCUT2D eigenvalue weighted by atomic mass is 9.95. The Hall–Kier alpha value is -2.09. The van der Waals surface area contributed by atoms with E-state index in [4.69, 9.17) is 16.3 Å². The minimum atomic E-state index is -3.45. The maximum atomic E-state index is 12.9. The highest BCUT2D eigenvalue weighted by Crippen LogP contribution is 2.27. The summed E-state index contributed by atoms with van der Waals surface area (Å²) in [6.45, 7) is 4.71. The van der Waals surface area contributed by atoms with Crippen LogP contribution in [0, 0.1) is 12.8 Å². The Kier molecular flexibility index (Phi) is 8.20. The number of ether oxygens (including phenoxy) is 1. The van der Waals surface area contributed by atoms with Crippen LogP contribution in [0.2, 0.25) is 5.02 Å². The van der Waals surface area contributed by atoms with Crippen molar-refractivity contribution in [3.8, 4) is 5.75 Å². The Morgan fingerprint density at radius 2 is 1.94 bits per heavy atom. The summed E-state index contributed by atoms with van der Waals surface area (Å²) < 4.78 is 32.4. The molecule has 2 aromatic rings. The van der Waals surface area contributed by atoms with Crippen LogP contribution in [-0.2, 0) is 20.6 Å². The van der Waals surface area contributed by atoms with Crippen molar-refractivity contribution in [3.63, 3.8) is 0 Å². The Bertz CT molecular complexity index is 1050. The van der Waals surface area contributed by atoms with Crippen LogP contribution in [0.1, 0.15) is 48.9 Å². The first-order chi connectivity index (χ1) is 15.2. The maximum Gasteiger partial charge on any atom is 0.223 e. The van der Waals surface area contributed by atoms with E-state index in [0.29, 0.717) is 36.5 Å². The van der Waals surface area contributed by atoms with Gasteiger partial charge in [0.25, 0.3) is 0 Å². The van der Waals surface area contributed by atoms with E-state index in [1.165, 1.54) is 4.31 Å². The van der Waals surface area contributed by atoms with Crippen molar-refractivity contribution in [3.05, 3.63) is 64.2 Å². The molecular weight excluding hydrogens is 448 g/mol. The molecule has 0 spiro atoms. The number of aryl methyl sites for hydroxylation is 1. The van der Waals surface area contributed by atoms with Crippen LogP contribution in [0.3, 0.4) is 0 Å². The van der Waals surface area contributed by atoms with Gasteiger partial charge in [0.05, 0.1) is 18.9 Å². The van der Waals surface area contributed by atoms with E-state index in [0.717, 1.165) is 23.3 Å². The number of hydrogen-bond acceptors (Lipinski definition) is 4. The minimum Gasteiger partial charge on any atom is -0.496 e. The molecule has 0 radical (unpaired) electrons. The molecular formula is C24H31ClN2O4S. The number of methoxy groups -OCH3 is 1. The van der Waals surface area contributed by atoms with Crippen LogP contribution in [0.15, 0.2) is 42.5 Å². The van der Waals surface area contributed by atoms with Gasteiger partial charge in [0.1, 0.15) is 5.75 Å². The second kappa shape index (κ2) is 10.7. The van der Waals surface area contributed by atoms with Gasteiger partial charge in [0.2, 0.25) is 15.9 Å². The molecule has 1 amide bonds. The Balaban J connectivity index is 1.58. The topological polar surface area (TPSA) is 75.7 Å². The third-order valence-electron chi connectivity index (χ3n) is 6.00. The number of piperidine rings is 1. The molecule has 0 bridgehead atoms. The van der Waals surface area contributed by atoms with Crippen LogP contribution in [0.4, 0.5) is 0 Å². The molecule has 0 saturated carbocycles. The number of halogens is 1. The van der Waals surface area contributed by atoms with E-state index in [1.54, 1.807) is 31.4 Å². The highest BCUT2D eigenvalue weighted by Gasteiger charge is 2.32. The third kappa shape index (κ3) is 6.03. The smallest absolute Gasteiger partial charge is 0.223 e. The number of nitrogens with one attached hydrogen (secondary N) is 1. The van der Waals surface area contributed by atoms with Crippen molar-refractivity contribution >= 4 is 27.5 Å². The highest BCUT2D eigenvalue weighted by molar-refractivity contribution is 7.88. The van der Waals surface area contributed by atoms with Crippen LogP contribution >= 0.6 is 11.6 Å². The van der Waals surface area contributed by atoms with Gasteiger partial charge >= 0.3 is 0 Å². The molecule has 0 aromatic heterocycles. The molecule has 8 heteroatoms. The number of nitrogens with zero attached hydrogens (tertiary/aromatic N) is 1. The Morgan fingerprint density at radius 1 is 1.22 bits per heavy atom. The molecule has 0 aliphatic carbocycles. The summed E-state index contributed by atoms with van der Waals surface area (Å²) in [5.41, 5.74) is 2.73. The Labute approximate surface area is 196 Å². The molecule has 1 aliphatic heterocycles. The zero-order chi connectivity index (χ0) is 23.3. The van der Waals surface area contributed by atoms with Gasteiger partial charge in [-0.15, -0.1) is 0 Å². The summed E-state index contributed by atoms with van der Waals surface area (Å²) >= 11 is 5.98. The first-order valence-electron chi connectivity index (χ1n) is 10.9. The standard InChI is InChI=1S/C24H31ClN2O4S/c1-4-22(20-8-9-23(31-3)17(2)14-20)26-24(28)19-10-12-27(13-11-19)32(29,30)16-18-6-5-7-21(25)15-18/h5-9,14-15,19,22H,4,10-13,16H2,1-3H3,(H,26,28). The Morgan fingerprint density at radius 3 is 2.53 bits per heavy atom. The molecule has 1 saturated heterocycles. The molecule has 2 aromatic carbocycles. The summed E-state index contributed by atoms with van der Waals surface area (Å²) in [4.78, 5) is 12.9. The summed E-state index contributed by atoms with van der Waals surface area (Å²) in [6, 6.07) is 12.8. The zero-order valence-electron chi connectivity index (χ0n) is 18.8. The quantitative estimate of drug-likeness (QED) is 0.607. The van der Waals surface area contributed by atoms with Gasteiger partial charge in [-0.05, 0) is 61.1 Å². The molecule has 1 unspecified atom stereocenters. The molecule has 3 rings (SSSR count). The predicted molar refractivity (Wildman–Crippen MR) is 127 cm³/mol. The average molecular weight is 479 g/mol. The lowest BCUT2D eigenvalue weighted by molar-refractivity contribution is -0.126. The summed E-state index contributed by atoms with van der Waals surface area (Å²) in [5, 5.41) is 3.67. The number of hydrogen-bond donors (Lipinski definition) is 1. The van der Waals surface area contributed by atoms with E-state index in [9.17, 15) is 13.2 Å². The first-order valence-corrected chi connectivity index (χ1v) is 12.9. The number of rotatable bonds is 8. The normalized spacial score (nSPS) is 16.5. The summed E-state index contributed by atoms with van der Waals surface area (Å²) in [7, 11) is -1.81. The third-order valence-corrected chi connectivity index (χ3v) is 8.09. The van der Waals surface area contributed by atoms with Crippen molar-refractivity contribution in [2.75, 3.05) is 20.2 Å². The van der Waals surface area contributed by atoms with Crippen LogP contribution in [0.25, 0.3) is 0 Å². The molecule has 1 atom stereocenters. The molecule has 1 aliphatic rings. The number of amides is 1. The van der Waals surface area contributed by atoms with Gasteiger partial charge in [-0.1, -0.05) is 42.8 Å². The second-order valence-electron chi connectivity index (χ2n) is 8.26. The van der Waals surface area contributed by atoms with E-state index in [1.807, 2.05) is 32.0 Å². The second-order valence-corrected chi connectivity index (χ2v) is 10.7. The number of carbonyl (C=O) groups is 1. The van der Waals surface area contributed by atoms with Crippen molar-refractivity contribution < 1.29 is 17.9 Å². The van der Waals surface area contributed by atoms with Crippen LogP contribution in [-0.4, -0.2) is 38.8 Å². The van der Waals surface area contributed by atoms with Gasteiger partial charge < -0.3 is 10.1 Å². The lowest BCUT2D eigenvalue weighted by Gasteiger charge is -2.31. The van der Waals surface area contributed by atoms with Crippen molar-refractivity contribution in [1.82, 2.24) is 9.62 Å². The van der Waals surface area contributed by atoms with Crippen LogP contribution in [0.5, 0.6) is 5.75 Å². The van der Waals surface area contributed by atoms with E-state index < -0.39 is 10.0 Å². The van der Waals surface area contributed by atoms with Gasteiger partial charge in [-0.25, -0.2) is 12.7 Å². The van der Waals surface area contributed by atoms with Crippen molar-refractivity contribution in [2.45, 2.75) is 44.9 Å². The predicted octanol–water partition coefficient (Wildman–Crippen LogP) is 4.47. The fourth-order valence-electron chi connectivity index (χ4n) is 4.15. The van der Waals surface area contributed by atoms with E-state index in [-0.39, 0.29) is 23.6 Å². The monoisotopic (exact) mass is 478 g/mol. The van der Waals surface area contributed by atoms with Gasteiger partial charge in [-0.3, -0.25) is 4.79 Å². The lowest BCUT2D eigenvalue weighted by Crippen LogP contribution is -2.44. The fourth-order valence-corrected chi connectivity index (χ4v) is 5.92. The number of carbonyl (C=O) groups excluding carboxylic acids is 1. The van der Waals surface area contributed by atoms with Crippen molar-refractivity contribution in [1.29, 1.82) is 0 Å². The molecule has 1 N–H and O–H groups in total. The van der Waals surface area contributed by atoms with Crippen LogP contribution < -0.4 is 10.1 Å². The fraction of sp³-hybridized carbons (Fsp3) is 0.458. The largest absolute Gasteiger partial charge is 0.496 e. The van der Waals surface area contributed by atoms with Crippen molar-refractivity contribution in [2.24, 2.45) is 5.92 Å². The number of sulfonamides is 1. The molecule has 1 fully saturated rings. The summed E-state index contributed by atoms with van der Waals surface area (Å²) in [5.74, 6) is 0.526. The SMILES string of the molecule is CCC(NC(=O)C1CCN(S(=O)(=O)Cc2cccc(Cl)c2)CC1)c1ccc(OC)c(C)c1. The zero-order valence-corrected chi connectivity index (χ0v) is 20.4. The minimum absolute atomic E-state index is 0.0165. The maximum absolute atomic E-state index is 12.9.